The van der Waals surface area contributed by atoms with E-state index in [0.717, 1.165) is 42.5 Å². The molecule has 0 bridgehead atoms. The lowest BCUT2D eigenvalue weighted by Gasteiger charge is -2.30. The molecule has 1 aromatic carbocycles. The van der Waals surface area contributed by atoms with Crippen LogP contribution in [0.15, 0.2) is 52.2 Å². The van der Waals surface area contributed by atoms with Gasteiger partial charge in [0.1, 0.15) is 11.6 Å². The van der Waals surface area contributed by atoms with Gasteiger partial charge in [0.05, 0.1) is 18.1 Å². The lowest BCUT2D eigenvalue weighted by molar-refractivity contribution is -0.131. The minimum Gasteiger partial charge on any atom is -0.467 e. The number of furan rings is 1. The summed E-state index contributed by atoms with van der Waals surface area (Å²) in [6, 6.07) is 12.2. The Morgan fingerprint density at radius 1 is 1.21 bits per heavy atom. The molecule has 2 aromatic heterocycles. The summed E-state index contributed by atoms with van der Waals surface area (Å²) in [6.07, 6.45) is 4.91. The molecule has 0 N–H and O–H groups in total. The molecule has 5 rings (SSSR count). The SMILES string of the molecule is CC(Sc1nnc(C2CC2)n1Cc1ccco1)C(=O)N1CCc2ccccc2C1. The fourth-order valence-electron chi connectivity index (χ4n) is 3.89. The van der Waals surface area contributed by atoms with Gasteiger partial charge in [-0.3, -0.25) is 9.36 Å². The summed E-state index contributed by atoms with van der Waals surface area (Å²) >= 11 is 1.50. The fraction of sp³-hybridized carbons (Fsp3) is 0.409. The number of aromatic nitrogens is 3. The van der Waals surface area contributed by atoms with E-state index in [1.165, 1.54) is 22.9 Å². The first-order chi connectivity index (χ1) is 14.2. The molecule has 0 spiro atoms. The molecule has 6 nitrogen and oxygen atoms in total. The normalized spacial score (nSPS) is 17.2. The quantitative estimate of drug-likeness (QED) is 0.580. The van der Waals surface area contributed by atoms with E-state index in [4.69, 9.17) is 4.42 Å². The molecular formula is C22H24N4O2S. The maximum atomic E-state index is 13.1. The zero-order chi connectivity index (χ0) is 19.8. The van der Waals surface area contributed by atoms with Gasteiger partial charge in [0.15, 0.2) is 5.16 Å². The zero-order valence-corrected chi connectivity index (χ0v) is 17.3. The molecule has 1 amide bonds. The molecule has 29 heavy (non-hydrogen) atoms. The van der Waals surface area contributed by atoms with Crippen LogP contribution in [0, 0.1) is 0 Å². The number of hydrogen-bond donors (Lipinski definition) is 0. The Morgan fingerprint density at radius 3 is 2.79 bits per heavy atom. The van der Waals surface area contributed by atoms with E-state index >= 15 is 0 Å². The summed E-state index contributed by atoms with van der Waals surface area (Å²) in [7, 11) is 0. The van der Waals surface area contributed by atoms with E-state index in [1.54, 1.807) is 6.26 Å². The molecule has 1 aliphatic carbocycles. The average molecular weight is 409 g/mol. The van der Waals surface area contributed by atoms with Crippen LogP contribution in [0.5, 0.6) is 0 Å². The van der Waals surface area contributed by atoms with Crippen molar-refractivity contribution in [1.82, 2.24) is 19.7 Å². The molecule has 7 heteroatoms. The number of carbonyl (C=O) groups is 1. The van der Waals surface area contributed by atoms with E-state index < -0.39 is 0 Å². The first-order valence-corrected chi connectivity index (χ1v) is 11.0. The monoisotopic (exact) mass is 408 g/mol. The predicted octanol–water partition coefficient (Wildman–Crippen LogP) is 3.86. The maximum Gasteiger partial charge on any atom is 0.236 e. The average Bonchev–Trinajstić information content (AvgIpc) is 3.32. The van der Waals surface area contributed by atoms with Crippen molar-refractivity contribution < 1.29 is 9.21 Å². The molecule has 1 atom stereocenters. The van der Waals surface area contributed by atoms with Gasteiger partial charge in [-0.1, -0.05) is 36.0 Å². The van der Waals surface area contributed by atoms with Crippen LogP contribution in [-0.4, -0.2) is 37.4 Å². The van der Waals surface area contributed by atoms with Crippen LogP contribution in [0.1, 0.15) is 48.4 Å². The Morgan fingerprint density at radius 2 is 2.03 bits per heavy atom. The predicted molar refractivity (Wildman–Crippen MR) is 111 cm³/mol. The van der Waals surface area contributed by atoms with Crippen LogP contribution < -0.4 is 0 Å². The van der Waals surface area contributed by atoms with Crippen LogP contribution >= 0.6 is 11.8 Å². The van der Waals surface area contributed by atoms with E-state index in [2.05, 4.69) is 33.0 Å². The third kappa shape index (κ3) is 3.83. The summed E-state index contributed by atoms with van der Waals surface area (Å²) in [6.45, 7) is 4.03. The van der Waals surface area contributed by atoms with Crippen LogP contribution in [0.25, 0.3) is 0 Å². The summed E-state index contributed by atoms with van der Waals surface area (Å²) in [5.41, 5.74) is 2.60. The van der Waals surface area contributed by atoms with Crippen molar-refractivity contribution >= 4 is 17.7 Å². The van der Waals surface area contributed by atoms with Crippen molar-refractivity contribution in [3.8, 4) is 0 Å². The van der Waals surface area contributed by atoms with Gasteiger partial charge in [-0.2, -0.15) is 0 Å². The highest BCUT2D eigenvalue weighted by molar-refractivity contribution is 8.00. The standard InChI is InChI=1S/C22H24N4O2S/c1-15(21(27)25-11-10-16-5-2-3-6-18(16)13-25)29-22-24-23-20(17-8-9-17)26(22)14-19-7-4-12-28-19/h2-7,12,15,17H,8-11,13-14H2,1H3. The maximum absolute atomic E-state index is 13.1. The lowest BCUT2D eigenvalue weighted by atomic mass is 10.00. The van der Waals surface area contributed by atoms with Crippen LogP contribution in [0.4, 0.5) is 0 Å². The summed E-state index contributed by atoms with van der Waals surface area (Å²) < 4.78 is 7.66. The molecule has 1 unspecified atom stereocenters. The largest absolute Gasteiger partial charge is 0.467 e. The zero-order valence-electron chi connectivity index (χ0n) is 16.5. The smallest absolute Gasteiger partial charge is 0.236 e. The molecule has 1 aliphatic heterocycles. The van der Waals surface area contributed by atoms with Crippen molar-refractivity contribution in [2.24, 2.45) is 0 Å². The van der Waals surface area contributed by atoms with Crippen molar-refractivity contribution in [3.63, 3.8) is 0 Å². The highest BCUT2D eigenvalue weighted by Gasteiger charge is 2.32. The van der Waals surface area contributed by atoms with Gasteiger partial charge in [-0.05, 0) is 49.4 Å². The molecule has 1 fully saturated rings. The van der Waals surface area contributed by atoms with Crippen LogP contribution in [-0.2, 0) is 24.3 Å². The Balaban J connectivity index is 1.32. The van der Waals surface area contributed by atoms with E-state index in [9.17, 15) is 4.79 Å². The van der Waals surface area contributed by atoms with Gasteiger partial charge in [0, 0.05) is 19.0 Å². The summed E-state index contributed by atoms with van der Waals surface area (Å²) in [5, 5.41) is 9.44. The highest BCUT2D eigenvalue weighted by Crippen LogP contribution is 2.40. The minimum absolute atomic E-state index is 0.157. The number of hydrogen-bond acceptors (Lipinski definition) is 5. The molecule has 3 heterocycles. The van der Waals surface area contributed by atoms with E-state index in [0.29, 0.717) is 19.0 Å². The topological polar surface area (TPSA) is 64.2 Å². The molecule has 0 saturated heterocycles. The number of fused-ring (bicyclic) bond motifs is 1. The van der Waals surface area contributed by atoms with Gasteiger partial charge < -0.3 is 9.32 Å². The first kappa shape index (κ1) is 18.5. The molecule has 150 valence electrons. The number of benzene rings is 1. The number of thioether (sulfide) groups is 1. The van der Waals surface area contributed by atoms with Crippen LogP contribution in [0.2, 0.25) is 0 Å². The Hall–Kier alpha value is -2.54. The van der Waals surface area contributed by atoms with Gasteiger partial charge in [0.2, 0.25) is 5.91 Å². The second-order valence-electron chi connectivity index (χ2n) is 7.82. The molecule has 1 saturated carbocycles. The lowest BCUT2D eigenvalue weighted by Crippen LogP contribution is -2.40. The first-order valence-electron chi connectivity index (χ1n) is 10.2. The summed E-state index contributed by atoms with van der Waals surface area (Å²) in [4.78, 5) is 15.1. The number of rotatable bonds is 6. The second-order valence-corrected chi connectivity index (χ2v) is 9.13. The van der Waals surface area contributed by atoms with Crippen molar-refractivity contribution in [3.05, 3.63) is 65.4 Å². The third-order valence-electron chi connectivity index (χ3n) is 5.65. The molecule has 3 aromatic rings. The van der Waals surface area contributed by atoms with Gasteiger partial charge in [0.25, 0.3) is 0 Å². The highest BCUT2D eigenvalue weighted by atomic mass is 32.2. The van der Waals surface area contributed by atoms with Gasteiger partial charge in [-0.15, -0.1) is 10.2 Å². The Kier molecular flexibility index (Phi) is 4.91. The number of carbonyl (C=O) groups excluding carboxylic acids is 1. The van der Waals surface area contributed by atoms with Gasteiger partial charge >= 0.3 is 0 Å². The van der Waals surface area contributed by atoms with Crippen molar-refractivity contribution in [1.29, 1.82) is 0 Å². The van der Waals surface area contributed by atoms with E-state index in [1.807, 2.05) is 30.0 Å². The molecule has 2 aliphatic rings. The third-order valence-corrected chi connectivity index (χ3v) is 6.72. The second kappa shape index (κ2) is 7.71. The Labute approximate surface area is 174 Å². The number of nitrogens with zero attached hydrogens (tertiary/aromatic N) is 4. The fourth-order valence-corrected chi connectivity index (χ4v) is 4.83. The van der Waals surface area contributed by atoms with Crippen molar-refractivity contribution in [2.75, 3.05) is 6.54 Å². The Bertz CT molecular complexity index is 1010. The summed E-state index contributed by atoms with van der Waals surface area (Å²) in [5.74, 6) is 2.53. The molecule has 0 radical (unpaired) electrons. The van der Waals surface area contributed by atoms with Crippen molar-refractivity contribution in [2.45, 2.75) is 55.6 Å². The number of amides is 1. The molecular weight excluding hydrogens is 384 g/mol. The van der Waals surface area contributed by atoms with Gasteiger partial charge in [-0.25, -0.2) is 0 Å². The minimum atomic E-state index is -0.216. The van der Waals surface area contributed by atoms with E-state index in [-0.39, 0.29) is 11.2 Å². The van der Waals surface area contributed by atoms with Crippen LogP contribution in [0.3, 0.4) is 0 Å².